The van der Waals surface area contributed by atoms with Crippen LogP contribution in [-0.4, -0.2) is 30.2 Å². The first-order chi connectivity index (χ1) is 8.10. The Morgan fingerprint density at radius 2 is 1.33 bits per heavy atom. The van der Waals surface area contributed by atoms with E-state index in [4.69, 9.17) is 92.8 Å². The van der Waals surface area contributed by atoms with Crippen molar-refractivity contribution in [1.29, 1.82) is 0 Å². The molecule has 3 aliphatic rings. The maximum absolute atomic E-state index is 6.60. The highest BCUT2D eigenvalue weighted by atomic mass is 35.5. The third-order valence-electron chi connectivity index (χ3n) is 4.25. The van der Waals surface area contributed by atoms with Crippen LogP contribution in [0.5, 0.6) is 0 Å². The Morgan fingerprint density at radius 3 is 1.89 bits per heavy atom. The Balaban J connectivity index is 2.24. The molecule has 0 aliphatic heterocycles. The van der Waals surface area contributed by atoms with E-state index < -0.39 is 30.2 Å². The molecule has 2 bridgehead atoms. The Bertz CT molecular complexity index is 447. The summed E-state index contributed by atoms with van der Waals surface area (Å²) in [5, 5.41) is -1.10. The number of halogens is 8. The molecule has 0 radical (unpaired) electrons. The van der Waals surface area contributed by atoms with E-state index in [2.05, 4.69) is 0 Å². The molecule has 0 amide bonds. The van der Waals surface area contributed by atoms with Crippen LogP contribution in [0, 0.1) is 11.8 Å². The van der Waals surface area contributed by atoms with Crippen molar-refractivity contribution < 1.29 is 0 Å². The van der Waals surface area contributed by atoms with Gasteiger partial charge in [0.1, 0.15) is 9.75 Å². The molecule has 0 aromatic heterocycles. The first-order valence-corrected chi connectivity index (χ1v) is 8.37. The fourth-order valence-electron chi connectivity index (χ4n) is 3.41. The lowest BCUT2D eigenvalue weighted by Gasteiger charge is -2.35. The molecule has 0 aromatic carbocycles. The summed E-state index contributed by atoms with van der Waals surface area (Å²) in [6.07, 6.45) is 1.58. The van der Waals surface area contributed by atoms with Crippen LogP contribution in [-0.2, 0) is 0 Å². The number of hydrogen-bond acceptors (Lipinski definition) is 0. The monoisotopic (exact) mass is 406 g/mol. The summed E-state index contributed by atoms with van der Waals surface area (Å²) < 4.78 is -1.47. The van der Waals surface area contributed by atoms with Crippen LogP contribution in [0.1, 0.15) is 0 Å². The Kier molecular flexibility index (Phi) is 3.39. The molecule has 18 heavy (non-hydrogen) atoms. The van der Waals surface area contributed by atoms with E-state index in [9.17, 15) is 0 Å². The SMILES string of the molecule is ClC1=C[C@]2(Cl)[C@H]3[C@H](Cl)[C@H](Cl)[C@H](Cl)[C@H]3[C@@]1(Cl)C2(Cl)Cl. The van der Waals surface area contributed by atoms with Crippen LogP contribution in [0.4, 0.5) is 0 Å². The topological polar surface area (TPSA) is 0 Å². The van der Waals surface area contributed by atoms with E-state index in [0.29, 0.717) is 5.03 Å². The van der Waals surface area contributed by atoms with E-state index in [1.807, 2.05) is 0 Å². The van der Waals surface area contributed by atoms with Gasteiger partial charge in [0.2, 0.25) is 0 Å². The third kappa shape index (κ3) is 1.32. The van der Waals surface area contributed by atoms with Crippen LogP contribution < -0.4 is 0 Å². The van der Waals surface area contributed by atoms with E-state index in [0.717, 1.165) is 0 Å². The van der Waals surface area contributed by atoms with Crippen molar-refractivity contribution in [1.82, 2.24) is 0 Å². The van der Waals surface area contributed by atoms with Gasteiger partial charge in [-0.15, -0.1) is 58.0 Å². The highest BCUT2D eigenvalue weighted by Crippen LogP contribution is 2.77. The van der Waals surface area contributed by atoms with Gasteiger partial charge in [-0.2, -0.15) is 0 Å². The normalized spacial score (nSPS) is 60.9. The molecule has 8 heteroatoms. The minimum atomic E-state index is -1.47. The zero-order chi connectivity index (χ0) is 13.7. The minimum absolute atomic E-state index is 0.311. The molecule has 0 saturated heterocycles. The molecular formula is C10H6Cl8. The summed E-state index contributed by atoms with van der Waals surface area (Å²) in [7, 11) is 0. The molecule has 0 spiro atoms. The third-order valence-corrected chi connectivity index (χ3v) is 9.63. The second-order valence-corrected chi connectivity index (χ2v) is 9.40. The first-order valence-electron chi connectivity index (χ1n) is 5.17. The average Bonchev–Trinajstić information content (AvgIpc) is 2.63. The largest absolute Gasteiger partial charge is 0.165 e. The van der Waals surface area contributed by atoms with Crippen LogP contribution >= 0.6 is 92.8 Å². The standard InChI is InChI=1S/C10H6Cl8/c11-2-1-8(15)3-4(6(13)7(14)5(3)12)9(2,16)10(8,17)18/h1,3-7H/t3-,4+,5+,6-,7+,8+,9-/m1/s1. The van der Waals surface area contributed by atoms with E-state index in [-0.39, 0.29) is 11.8 Å². The van der Waals surface area contributed by atoms with Crippen molar-refractivity contribution in [2.45, 2.75) is 30.2 Å². The molecule has 2 fully saturated rings. The Hall–Kier alpha value is 2.06. The van der Waals surface area contributed by atoms with E-state index in [1.165, 1.54) is 0 Å². The summed E-state index contributed by atoms with van der Waals surface area (Å²) in [4.78, 5) is -2.39. The molecule has 0 N–H and O–H groups in total. The first kappa shape index (κ1) is 15.0. The fourth-order valence-corrected chi connectivity index (χ4v) is 7.41. The van der Waals surface area contributed by atoms with Gasteiger partial charge in [-0.05, 0) is 6.08 Å². The van der Waals surface area contributed by atoms with Gasteiger partial charge in [0, 0.05) is 16.9 Å². The Morgan fingerprint density at radius 1 is 0.833 bits per heavy atom. The highest BCUT2D eigenvalue weighted by molar-refractivity contribution is 6.63. The summed E-state index contributed by atoms with van der Waals surface area (Å²) in [6.45, 7) is 0. The lowest BCUT2D eigenvalue weighted by atomic mass is 9.84. The van der Waals surface area contributed by atoms with Gasteiger partial charge in [-0.3, -0.25) is 0 Å². The Labute approximate surface area is 145 Å². The molecule has 2 saturated carbocycles. The zero-order valence-electron chi connectivity index (χ0n) is 8.49. The van der Waals surface area contributed by atoms with Gasteiger partial charge in [0.25, 0.3) is 0 Å². The van der Waals surface area contributed by atoms with Crippen molar-refractivity contribution in [3.63, 3.8) is 0 Å². The summed E-state index contributed by atoms with van der Waals surface area (Å²) in [6, 6.07) is 0. The second kappa shape index (κ2) is 4.07. The van der Waals surface area contributed by atoms with E-state index >= 15 is 0 Å². The molecule has 0 heterocycles. The fraction of sp³-hybridized carbons (Fsp3) is 0.800. The molecule has 3 aliphatic carbocycles. The van der Waals surface area contributed by atoms with Gasteiger partial charge in [0.15, 0.2) is 4.33 Å². The molecular weight excluding hydrogens is 404 g/mol. The van der Waals surface area contributed by atoms with Gasteiger partial charge in [-0.25, -0.2) is 0 Å². The number of fused-ring (bicyclic) bond motifs is 5. The molecule has 0 unspecified atom stereocenters. The van der Waals surface area contributed by atoms with Crippen molar-refractivity contribution in [2.24, 2.45) is 11.8 Å². The van der Waals surface area contributed by atoms with Gasteiger partial charge >= 0.3 is 0 Å². The summed E-state index contributed by atoms with van der Waals surface area (Å²) in [5.41, 5.74) is 0. The zero-order valence-corrected chi connectivity index (χ0v) is 14.5. The lowest BCUT2D eigenvalue weighted by Crippen LogP contribution is -2.47. The van der Waals surface area contributed by atoms with Crippen LogP contribution in [0.15, 0.2) is 11.1 Å². The quantitative estimate of drug-likeness (QED) is 0.474. The summed E-state index contributed by atoms with van der Waals surface area (Å²) >= 11 is 51.0. The lowest BCUT2D eigenvalue weighted by molar-refractivity contribution is 0.392. The molecule has 0 aromatic rings. The predicted molar refractivity (Wildman–Crippen MR) is 81.4 cm³/mol. The molecule has 7 atom stereocenters. The van der Waals surface area contributed by atoms with Crippen LogP contribution in [0.2, 0.25) is 0 Å². The van der Waals surface area contributed by atoms with Crippen molar-refractivity contribution in [3.8, 4) is 0 Å². The summed E-state index contributed by atoms with van der Waals surface area (Å²) in [5.74, 6) is -0.684. The van der Waals surface area contributed by atoms with Crippen LogP contribution in [0.25, 0.3) is 0 Å². The number of hydrogen-bond donors (Lipinski definition) is 0. The second-order valence-electron chi connectivity index (χ2n) is 4.93. The maximum atomic E-state index is 6.60. The van der Waals surface area contributed by atoms with Crippen molar-refractivity contribution in [3.05, 3.63) is 11.1 Å². The maximum Gasteiger partial charge on any atom is 0.165 e. The smallest absolute Gasteiger partial charge is 0.121 e. The number of rotatable bonds is 0. The van der Waals surface area contributed by atoms with E-state index in [1.54, 1.807) is 6.08 Å². The number of allylic oxidation sites excluding steroid dienone is 2. The highest BCUT2D eigenvalue weighted by Gasteiger charge is 2.83. The van der Waals surface area contributed by atoms with Crippen LogP contribution in [0.3, 0.4) is 0 Å². The minimum Gasteiger partial charge on any atom is -0.121 e. The predicted octanol–water partition coefficient (Wildman–Crippen LogP) is 5.33. The molecule has 0 nitrogen and oxygen atoms in total. The van der Waals surface area contributed by atoms with Gasteiger partial charge in [0.05, 0.1) is 16.1 Å². The molecule has 102 valence electrons. The van der Waals surface area contributed by atoms with Crippen molar-refractivity contribution >= 4 is 92.8 Å². The van der Waals surface area contributed by atoms with Gasteiger partial charge in [-0.1, -0.05) is 34.8 Å². The average molecular weight is 410 g/mol. The molecule has 3 rings (SSSR count). The van der Waals surface area contributed by atoms with Crippen molar-refractivity contribution in [2.75, 3.05) is 0 Å². The van der Waals surface area contributed by atoms with Gasteiger partial charge < -0.3 is 0 Å². The number of alkyl halides is 7.